The molecule has 0 fully saturated rings. The van der Waals surface area contributed by atoms with E-state index in [-0.39, 0.29) is 0 Å². The van der Waals surface area contributed by atoms with Gasteiger partial charge >= 0.3 is 6.11 Å². The van der Waals surface area contributed by atoms with Gasteiger partial charge < -0.3 is 23.7 Å². The topological polar surface area (TPSA) is 97.4 Å². The lowest BCUT2D eigenvalue weighted by Crippen LogP contribution is -2.10. The molecule has 0 radical (unpaired) electrons. The second kappa shape index (κ2) is 83.1. The first-order valence-corrected chi connectivity index (χ1v) is 28.2. The summed E-state index contributed by atoms with van der Waals surface area (Å²) in [6, 6.07) is 0. The third-order valence-electron chi connectivity index (χ3n) is 3.05. The Balaban J connectivity index is -0.0000000369. The molecule has 0 aromatic carbocycles. The van der Waals surface area contributed by atoms with Crippen LogP contribution in [0.4, 0.5) is 17.6 Å². The van der Waals surface area contributed by atoms with Crippen molar-refractivity contribution in [3.05, 3.63) is 0 Å². The summed E-state index contributed by atoms with van der Waals surface area (Å²) in [5.74, 6) is 2.54. The summed E-state index contributed by atoms with van der Waals surface area (Å²) in [5, 5.41) is -1.74. The highest BCUT2D eigenvalue weighted by molar-refractivity contribution is 7.99. The monoisotopic (exact) mass is 952 g/mol. The molecule has 0 atom stereocenters. The fourth-order valence-electron chi connectivity index (χ4n) is 0.408. The number of halogens is 4. The van der Waals surface area contributed by atoms with Gasteiger partial charge in [0, 0.05) is 106 Å². The smallest absolute Gasteiger partial charge is 0.352 e. The van der Waals surface area contributed by atoms with E-state index in [1.807, 2.05) is 68.6 Å². The van der Waals surface area contributed by atoms with Crippen molar-refractivity contribution in [3.8, 4) is 0 Å². The van der Waals surface area contributed by atoms with E-state index in [0.29, 0.717) is 24.8 Å². The van der Waals surface area contributed by atoms with E-state index < -0.39 is 32.0 Å². The van der Waals surface area contributed by atoms with Crippen LogP contribution in [0.1, 0.15) is 82.1 Å². The number of ether oxygens (including phenoxy) is 5. The molecule has 19 heteroatoms. The van der Waals surface area contributed by atoms with Gasteiger partial charge in [-0.05, 0) is 87.9 Å². The maximum atomic E-state index is 11.4. The Morgan fingerprint density at radius 3 is 0.927 bits per heavy atom. The molecule has 0 saturated heterocycles. The summed E-state index contributed by atoms with van der Waals surface area (Å²) in [6.45, 7) is 20.0. The van der Waals surface area contributed by atoms with Crippen molar-refractivity contribution in [3.63, 3.8) is 0 Å². The minimum Gasteiger partial charge on any atom is -0.388 e. The fraction of sp³-hybridized carbons (Fsp3) is 1.00. The molecule has 0 saturated carbocycles. The molecule has 0 rings (SSSR count). The molecule has 0 aliphatic carbocycles. The minimum atomic E-state index is -2.96. The number of thioether (sulfide) groups is 5. The molecule has 354 valence electrons. The molecule has 55 heavy (non-hydrogen) atoms. The van der Waals surface area contributed by atoms with Crippen LogP contribution >= 0.6 is 58.8 Å². The van der Waals surface area contributed by atoms with Gasteiger partial charge in [-0.1, -0.05) is 46.4 Å². The number of methoxy groups -OCH3 is 5. The lowest BCUT2D eigenvalue weighted by molar-refractivity contribution is -0.205. The molecule has 0 amide bonds. The van der Waals surface area contributed by atoms with Gasteiger partial charge in [0.2, 0.25) is 0 Å². The highest BCUT2D eigenvalue weighted by Crippen LogP contribution is 2.23. The van der Waals surface area contributed by atoms with Gasteiger partial charge in [0.15, 0.2) is 0 Å². The van der Waals surface area contributed by atoms with Crippen molar-refractivity contribution in [1.82, 2.24) is 0 Å². The Bertz CT molecular complexity index is 609. The van der Waals surface area contributed by atoms with Crippen LogP contribution in [0.15, 0.2) is 0 Å². The zero-order chi connectivity index (χ0) is 47.5. The first-order valence-electron chi connectivity index (χ1n) is 17.0. The third kappa shape index (κ3) is 523. The maximum Gasteiger partial charge on any atom is 0.352 e. The lowest BCUT2D eigenvalue weighted by Gasteiger charge is -2.03. The predicted molar refractivity (Wildman–Crippen MR) is 258 cm³/mol. The molecule has 0 aromatic rings. The molecule has 0 heterocycles. The average Bonchev–Trinajstić information content (AvgIpc) is 3.06. The lowest BCUT2D eigenvalue weighted by atomic mass is 10.5. The molecule has 0 aliphatic heterocycles. The fourth-order valence-corrected chi connectivity index (χ4v) is 0.816. The normalized spacial score (nSPS) is 9.33. The van der Waals surface area contributed by atoms with Gasteiger partial charge in [0.25, 0.3) is 5.25 Å². The standard InChI is InChI=1S/2C4H10O.2C4H10S.C3H6F2O.C3H6F2S.C3H8O.C3H8S.C2H6O2S.C2H6OS.C2H6O.C2H6S/c1-4(2)5-3;1-3-4-5-2;1-4(2)5-3;1-3-4-5-2;2*1-3(4,5)6-2;2*1-3-4-2;1-5(2,3)4;1-4(2)3;2*1-3-2/h4H,1-3H3;3-4H2,1-2H3;4H,1-3H3;3-4H2,1-2H3;2*1-2H3;2*3H2,1-2H3;1-2H3;1-2H3;2*1-2H3. The van der Waals surface area contributed by atoms with Gasteiger partial charge in [0.05, 0.1) is 6.10 Å². The van der Waals surface area contributed by atoms with Crippen molar-refractivity contribution in [1.29, 1.82) is 0 Å². The number of rotatable bonds is 10. The van der Waals surface area contributed by atoms with Crippen LogP contribution in [-0.4, -0.2) is 165 Å². The molecule has 8 nitrogen and oxygen atoms in total. The summed E-state index contributed by atoms with van der Waals surface area (Å²) in [5.41, 5.74) is 0. The van der Waals surface area contributed by atoms with E-state index in [1.165, 1.54) is 24.2 Å². The molecule has 0 aromatic heterocycles. The van der Waals surface area contributed by atoms with Crippen LogP contribution in [0.25, 0.3) is 0 Å². The van der Waals surface area contributed by atoms with Crippen LogP contribution in [-0.2, 0) is 44.3 Å². The summed E-state index contributed by atoms with van der Waals surface area (Å²) in [6.07, 6.45) is 17.3. The van der Waals surface area contributed by atoms with E-state index in [4.69, 9.17) is 9.47 Å². The molecule has 0 bridgehead atoms. The molecular formula is C36H92F4O8S7. The number of sulfone groups is 1. The van der Waals surface area contributed by atoms with Gasteiger partial charge in [-0.25, -0.2) is 8.42 Å². The van der Waals surface area contributed by atoms with Crippen LogP contribution in [0.3, 0.4) is 0 Å². The SMILES string of the molecule is CCCOC.CCCSC.CCOC.CCSC.COC.COC(C)(F)F.COC(C)C.CS(C)(=O)=O.CS(C)=O.CSC.CSC(C)(F)F.CSC(C)C. The Kier molecular flexibility index (Phi) is 133. The number of alkyl halides is 4. The van der Waals surface area contributed by atoms with Crippen molar-refractivity contribution in [2.24, 2.45) is 0 Å². The Labute approximate surface area is 365 Å². The number of hydrogen-bond acceptors (Lipinski definition) is 13. The van der Waals surface area contributed by atoms with Gasteiger partial charge in [-0.15, -0.1) is 0 Å². The minimum absolute atomic E-state index is 0.384. The van der Waals surface area contributed by atoms with Crippen molar-refractivity contribution in [2.45, 2.75) is 105 Å². The van der Waals surface area contributed by atoms with E-state index in [9.17, 15) is 30.2 Å². The highest BCUT2D eigenvalue weighted by Gasteiger charge is 2.17. The first-order chi connectivity index (χ1) is 24.9. The Morgan fingerprint density at radius 1 is 0.709 bits per heavy atom. The Hall–Kier alpha value is 1.37. The van der Waals surface area contributed by atoms with E-state index >= 15 is 0 Å². The van der Waals surface area contributed by atoms with Crippen LogP contribution in [0.5, 0.6) is 0 Å². The molecule has 0 unspecified atom stereocenters. The van der Waals surface area contributed by atoms with Crippen LogP contribution in [0, 0.1) is 0 Å². The maximum absolute atomic E-state index is 11.4. The van der Waals surface area contributed by atoms with Crippen molar-refractivity contribution in [2.75, 3.05) is 130 Å². The molecule has 0 spiro atoms. The van der Waals surface area contributed by atoms with Crippen LogP contribution in [0.2, 0.25) is 0 Å². The van der Waals surface area contributed by atoms with Crippen molar-refractivity contribution >= 4 is 79.4 Å². The highest BCUT2D eigenvalue weighted by atomic mass is 32.2. The average molecular weight is 954 g/mol. The van der Waals surface area contributed by atoms with Gasteiger partial charge in [-0.2, -0.15) is 64.6 Å². The third-order valence-corrected chi connectivity index (χ3v) is 6.11. The first kappa shape index (κ1) is 87.8. The second-order valence-electron chi connectivity index (χ2n) is 10.4. The molecular weight excluding hydrogens is 861 g/mol. The van der Waals surface area contributed by atoms with Gasteiger partial charge in [0.1, 0.15) is 9.84 Å². The largest absolute Gasteiger partial charge is 0.388 e. The predicted octanol–water partition coefficient (Wildman–Crippen LogP) is 11.7. The van der Waals surface area contributed by atoms with Crippen molar-refractivity contribution < 1.29 is 53.9 Å². The van der Waals surface area contributed by atoms with E-state index in [0.717, 1.165) is 51.4 Å². The molecule has 0 N–H and O–H groups in total. The zero-order valence-electron chi connectivity index (χ0n) is 40.0. The summed E-state index contributed by atoms with van der Waals surface area (Å²) in [4.78, 5) is 0. The van der Waals surface area contributed by atoms with E-state index in [1.54, 1.807) is 59.8 Å². The van der Waals surface area contributed by atoms with Crippen LogP contribution < -0.4 is 0 Å². The Morgan fingerprint density at radius 2 is 0.927 bits per heavy atom. The van der Waals surface area contributed by atoms with E-state index in [2.05, 4.69) is 67.6 Å². The summed E-state index contributed by atoms with van der Waals surface area (Å²) in [7, 11) is 6.02. The second-order valence-corrected chi connectivity index (χ2v) is 19.7. The summed E-state index contributed by atoms with van der Waals surface area (Å²) < 4.78 is 95.9. The van der Waals surface area contributed by atoms with Gasteiger partial charge in [-0.3, -0.25) is 4.21 Å². The zero-order valence-corrected chi connectivity index (χ0v) is 45.7. The molecule has 0 aliphatic rings. The summed E-state index contributed by atoms with van der Waals surface area (Å²) >= 11 is 7.94. The number of hydrogen-bond donors (Lipinski definition) is 0. The quantitative estimate of drug-likeness (QED) is 0.195.